The number of rotatable bonds is 6. The Bertz CT molecular complexity index is 324. The average Bonchev–Trinajstić information content (AvgIpc) is 2.28. The van der Waals surface area contributed by atoms with Crippen LogP contribution in [0.4, 0.5) is 0 Å². The summed E-state index contributed by atoms with van der Waals surface area (Å²) in [6, 6.07) is 5.72. The third-order valence-electron chi connectivity index (χ3n) is 2.37. The van der Waals surface area contributed by atoms with Crippen molar-refractivity contribution in [2.45, 2.75) is 26.1 Å². The van der Waals surface area contributed by atoms with Crippen LogP contribution < -0.4 is 9.47 Å². The summed E-state index contributed by atoms with van der Waals surface area (Å²) < 4.78 is 10.9. The van der Waals surface area contributed by atoms with Crippen LogP contribution in [0.2, 0.25) is 0 Å². The van der Waals surface area contributed by atoms with E-state index in [0.717, 1.165) is 23.5 Å². The Morgan fingerprint density at radius 3 is 2.62 bits per heavy atom. The first kappa shape index (κ1) is 13.2. The molecule has 1 aromatic rings. The van der Waals surface area contributed by atoms with E-state index in [1.807, 2.05) is 18.2 Å². The summed E-state index contributed by atoms with van der Waals surface area (Å²) in [5, 5.41) is 0. The van der Waals surface area contributed by atoms with E-state index in [-0.39, 0.29) is 0 Å². The SMILES string of the molecule is COc1ccc(CCl)c(OCCC(C)C)c1. The van der Waals surface area contributed by atoms with E-state index in [9.17, 15) is 0 Å². The van der Waals surface area contributed by atoms with Crippen LogP contribution in [0.3, 0.4) is 0 Å². The Labute approximate surface area is 103 Å². The van der Waals surface area contributed by atoms with Crippen LogP contribution >= 0.6 is 11.6 Å². The lowest BCUT2D eigenvalue weighted by atomic mass is 10.1. The molecule has 0 saturated carbocycles. The summed E-state index contributed by atoms with van der Waals surface area (Å²) in [6.07, 6.45) is 1.04. The van der Waals surface area contributed by atoms with Crippen molar-refractivity contribution in [2.24, 2.45) is 5.92 Å². The molecule has 90 valence electrons. The van der Waals surface area contributed by atoms with Gasteiger partial charge in [-0.1, -0.05) is 19.9 Å². The molecule has 0 fully saturated rings. The van der Waals surface area contributed by atoms with Crippen molar-refractivity contribution < 1.29 is 9.47 Å². The second kappa shape index (κ2) is 6.64. The van der Waals surface area contributed by atoms with Crippen molar-refractivity contribution in [2.75, 3.05) is 13.7 Å². The molecule has 2 nitrogen and oxygen atoms in total. The zero-order valence-electron chi connectivity index (χ0n) is 10.1. The van der Waals surface area contributed by atoms with Gasteiger partial charge in [-0.15, -0.1) is 11.6 Å². The highest BCUT2D eigenvalue weighted by molar-refractivity contribution is 6.17. The van der Waals surface area contributed by atoms with Gasteiger partial charge in [0.2, 0.25) is 0 Å². The maximum Gasteiger partial charge on any atom is 0.127 e. The van der Waals surface area contributed by atoms with Gasteiger partial charge >= 0.3 is 0 Å². The van der Waals surface area contributed by atoms with Crippen LogP contribution in [-0.2, 0) is 5.88 Å². The van der Waals surface area contributed by atoms with Crippen LogP contribution in [-0.4, -0.2) is 13.7 Å². The van der Waals surface area contributed by atoms with Gasteiger partial charge in [-0.2, -0.15) is 0 Å². The minimum Gasteiger partial charge on any atom is -0.497 e. The zero-order valence-corrected chi connectivity index (χ0v) is 10.9. The lowest BCUT2D eigenvalue weighted by Gasteiger charge is -2.12. The molecule has 0 atom stereocenters. The first-order chi connectivity index (χ1) is 7.67. The minimum absolute atomic E-state index is 0.459. The third kappa shape index (κ3) is 3.93. The van der Waals surface area contributed by atoms with Gasteiger partial charge < -0.3 is 9.47 Å². The van der Waals surface area contributed by atoms with Crippen LogP contribution in [0, 0.1) is 5.92 Å². The zero-order chi connectivity index (χ0) is 12.0. The average molecular weight is 243 g/mol. The van der Waals surface area contributed by atoms with Crippen molar-refractivity contribution >= 4 is 11.6 Å². The first-order valence-electron chi connectivity index (χ1n) is 5.53. The molecule has 0 heterocycles. The molecule has 0 aromatic heterocycles. The summed E-state index contributed by atoms with van der Waals surface area (Å²) in [5.74, 6) is 2.73. The molecule has 0 amide bonds. The van der Waals surface area contributed by atoms with Crippen molar-refractivity contribution in [3.63, 3.8) is 0 Å². The predicted molar refractivity (Wildman–Crippen MR) is 67.5 cm³/mol. The van der Waals surface area contributed by atoms with Gasteiger partial charge in [0.25, 0.3) is 0 Å². The van der Waals surface area contributed by atoms with Crippen molar-refractivity contribution in [1.82, 2.24) is 0 Å². The molecular weight excluding hydrogens is 224 g/mol. The largest absolute Gasteiger partial charge is 0.497 e. The van der Waals surface area contributed by atoms with Gasteiger partial charge in [0.15, 0.2) is 0 Å². The molecule has 1 rings (SSSR count). The number of halogens is 1. The Morgan fingerprint density at radius 1 is 1.31 bits per heavy atom. The molecule has 3 heteroatoms. The predicted octanol–water partition coefficient (Wildman–Crippen LogP) is 3.86. The quantitative estimate of drug-likeness (QED) is 0.706. The fourth-order valence-electron chi connectivity index (χ4n) is 1.31. The lowest BCUT2D eigenvalue weighted by molar-refractivity contribution is 0.286. The van der Waals surface area contributed by atoms with Gasteiger partial charge in [-0.05, 0) is 18.4 Å². The molecule has 0 aliphatic heterocycles. The standard InChI is InChI=1S/C13H19ClO2/c1-10(2)6-7-16-13-8-12(15-3)5-4-11(13)9-14/h4-5,8,10H,6-7,9H2,1-3H3. The number of hydrogen-bond acceptors (Lipinski definition) is 2. The van der Waals surface area contributed by atoms with E-state index < -0.39 is 0 Å². The van der Waals surface area contributed by atoms with Gasteiger partial charge in [0.1, 0.15) is 11.5 Å². The monoisotopic (exact) mass is 242 g/mol. The molecule has 0 spiro atoms. The van der Waals surface area contributed by atoms with Gasteiger partial charge in [-0.3, -0.25) is 0 Å². The van der Waals surface area contributed by atoms with E-state index in [4.69, 9.17) is 21.1 Å². The second-order valence-electron chi connectivity index (χ2n) is 4.14. The third-order valence-corrected chi connectivity index (χ3v) is 2.66. The molecule has 0 N–H and O–H groups in total. The lowest BCUT2D eigenvalue weighted by Crippen LogP contribution is -2.03. The van der Waals surface area contributed by atoms with Crippen LogP contribution in [0.1, 0.15) is 25.8 Å². The van der Waals surface area contributed by atoms with Crippen LogP contribution in [0.5, 0.6) is 11.5 Å². The minimum atomic E-state index is 0.459. The second-order valence-corrected chi connectivity index (χ2v) is 4.41. The number of benzene rings is 1. The smallest absolute Gasteiger partial charge is 0.127 e. The summed E-state index contributed by atoms with van der Waals surface area (Å²) >= 11 is 5.85. The Morgan fingerprint density at radius 2 is 2.06 bits per heavy atom. The van der Waals surface area contributed by atoms with Gasteiger partial charge in [0, 0.05) is 11.6 Å². The number of ether oxygens (including phenoxy) is 2. The summed E-state index contributed by atoms with van der Waals surface area (Å²) in [4.78, 5) is 0. The van der Waals surface area contributed by atoms with E-state index in [1.54, 1.807) is 7.11 Å². The molecule has 0 radical (unpaired) electrons. The van der Waals surface area contributed by atoms with Crippen molar-refractivity contribution in [3.8, 4) is 11.5 Å². The summed E-state index contributed by atoms with van der Waals surface area (Å²) in [5.41, 5.74) is 1.01. The van der Waals surface area contributed by atoms with Gasteiger partial charge in [-0.25, -0.2) is 0 Å². The molecule has 0 aliphatic rings. The highest BCUT2D eigenvalue weighted by Crippen LogP contribution is 2.26. The number of hydrogen-bond donors (Lipinski definition) is 0. The maximum atomic E-state index is 5.85. The van der Waals surface area contributed by atoms with Crippen molar-refractivity contribution in [1.29, 1.82) is 0 Å². The molecular formula is C13H19ClO2. The normalized spacial score (nSPS) is 10.6. The van der Waals surface area contributed by atoms with Crippen LogP contribution in [0.15, 0.2) is 18.2 Å². The molecule has 1 aromatic carbocycles. The summed E-state index contributed by atoms with van der Waals surface area (Å²) in [7, 11) is 1.65. The molecule has 0 unspecified atom stereocenters. The highest BCUT2D eigenvalue weighted by atomic mass is 35.5. The van der Waals surface area contributed by atoms with Crippen LogP contribution in [0.25, 0.3) is 0 Å². The van der Waals surface area contributed by atoms with E-state index in [0.29, 0.717) is 18.4 Å². The van der Waals surface area contributed by atoms with Crippen molar-refractivity contribution in [3.05, 3.63) is 23.8 Å². The molecule has 0 bridgehead atoms. The fraction of sp³-hybridized carbons (Fsp3) is 0.538. The Kier molecular flexibility index (Phi) is 5.47. The maximum absolute atomic E-state index is 5.85. The topological polar surface area (TPSA) is 18.5 Å². The number of methoxy groups -OCH3 is 1. The highest BCUT2D eigenvalue weighted by Gasteiger charge is 2.05. The Balaban J connectivity index is 2.67. The number of alkyl halides is 1. The van der Waals surface area contributed by atoms with Gasteiger partial charge in [0.05, 0.1) is 19.6 Å². The van der Waals surface area contributed by atoms with E-state index in [1.165, 1.54) is 0 Å². The van der Waals surface area contributed by atoms with E-state index >= 15 is 0 Å². The van der Waals surface area contributed by atoms with E-state index in [2.05, 4.69) is 13.8 Å². The molecule has 0 saturated heterocycles. The fourth-order valence-corrected chi connectivity index (χ4v) is 1.53. The molecule has 16 heavy (non-hydrogen) atoms. The Hall–Kier alpha value is -0.890. The molecule has 0 aliphatic carbocycles. The summed E-state index contributed by atoms with van der Waals surface area (Å²) in [6.45, 7) is 5.07. The first-order valence-corrected chi connectivity index (χ1v) is 6.06.